The molecule has 0 unspecified atom stereocenters. The van der Waals surface area contributed by atoms with E-state index in [1.165, 1.54) is 11.6 Å². The molecule has 0 N–H and O–H groups in total. The third-order valence-corrected chi connectivity index (χ3v) is 2.72. The van der Waals surface area contributed by atoms with Crippen LogP contribution in [0.15, 0.2) is 66.5 Å². The fraction of sp³-hybridized carbons (Fsp3) is 0.188. The molecule has 0 saturated heterocycles. The van der Waals surface area contributed by atoms with Crippen LogP contribution in [0.25, 0.3) is 0 Å². The lowest BCUT2D eigenvalue weighted by Gasteiger charge is -2.23. The molecule has 0 radical (unpaired) electrons. The number of nitrogens with zero attached hydrogens (tertiary/aromatic N) is 1. The number of benzene rings is 1. The van der Waals surface area contributed by atoms with Gasteiger partial charge in [0, 0.05) is 24.5 Å². The van der Waals surface area contributed by atoms with Crippen LogP contribution in [0.3, 0.4) is 0 Å². The number of hydrogen-bond acceptors (Lipinski definition) is 3. The van der Waals surface area contributed by atoms with Gasteiger partial charge in [0.2, 0.25) is 0 Å². The van der Waals surface area contributed by atoms with Gasteiger partial charge < -0.3 is 9.64 Å². The number of allylic oxidation sites excluding steroid dienone is 3. The summed E-state index contributed by atoms with van der Waals surface area (Å²) in [5, 5.41) is 0. The number of hydrogen-bond donors (Lipinski definition) is 0. The molecule has 1 aromatic rings. The van der Waals surface area contributed by atoms with Crippen LogP contribution in [0.2, 0.25) is 0 Å². The summed E-state index contributed by atoms with van der Waals surface area (Å²) in [6.45, 7) is 2.92. The van der Waals surface area contributed by atoms with Crippen LogP contribution in [0, 0.1) is 0 Å². The second kappa shape index (κ2) is 6.59. The van der Waals surface area contributed by atoms with Crippen molar-refractivity contribution in [1.29, 1.82) is 0 Å². The van der Waals surface area contributed by atoms with Crippen molar-refractivity contribution in [3.05, 3.63) is 72.1 Å². The number of esters is 1. The highest BCUT2D eigenvalue weighted by atomic mass is 16.5. The summed E-state index contributed by atoms with van der Waals surface area (Å²) in [7, 11) is 0. The maximum atomic E-state index is 11.5. The molecular formula is C16H17NO2. The molecule has 1 aliphatic heterocycles. The molecule has 0 aromatic heterocycles. The Morgan fingerprint density at radius 1 is 1.26 bits per heavy atom. The first-order valence-electron chi connectivity index (χ1n) is 6.33. The van der Waals surface area contributed by atoms with Crippen LogP contribution in [0.5, 0.6) is 0 Å². The second-order valence-electron chi connectivity index (χ2n) is 4.14. The number of rotatable bonds is 4. The lowest BCUT2D eigenvalue weighted by atomic mass is 10.2. The van der Waals surface area contributed by atoms with E-state index in [4.69, 9.17) is 4.74 Å². The minimum absolute atomic E-state index is 0.310. The molecule has 1 aromatic carbocycles. The molecule has 1 aliphatic rings. The molecule has 0 fully saturated rings. The maximum Gasteiger partial charge on any atom is 0.332 e. The average molecular weight is 255 g/mol. The van der Waals surface area contributed by atoms with E-state index in [9.17, 15) is 4.79 Å². The zero-order valence-electron chi connectivity index (χ0n) is 11.0. The highest BCUT2D eigenvalue weighted by molar-refractivity contribution is 5.83. The first kappa shape index (κ1) is 13.1. The average Bonchev–Trinajstić information content (AvgIpc) is 2.42. The number of carbonyl (C=O) groups is 1. The van der Waals surface area contributed by atoms with E-state index in [-0.39, 0.29) is 5.97 Å². The zero-order valence-corrected chi connectivity index (χ0v) is 11.0. The van der Waals surface area contributed by atoms with Gasteiger partial charge in [-0.25, -0.2) is 4.79 Å². The van der Waals surface area contributed by atoms with Crippen molar-refractivity contribution in [1.82, 2.24) is 4.90 Å². The maximum absolute atomic E-state index is 11.5. The Kier molecular flexibility index (Phi) is 4.56. The van der Waals surface area contributed by atoms with Crippen molar-refractivity contribution < 1.29 is 9.53 Å². The van der Waals surface area contributed by atoms with Gasteiger partial charge in [0.1, 0.15) is 0 Å². The first-order chi connectivity index (χ1) is 9.29. The predicted octanol–water partition coefficient (Wildman–Crippen LogP) is 3.02. The van der Waals surface area contributed by atoms with E-state index in [2.05, 4.69) is 12.1 Å². The smallest absolute Gasteiger partial charge is 0.332 e. The summed E-state index contributed by atoms with van der Waals surface area (Å²) in [4.78, 5) is 13.5. The van der Waals surface area contributed by atoms with Gasteiger partial charge in [-0.15, -0.1) is 0 Å². The SMILES string of the molecule is CCOC(=O)C=C1C=CC=CN1Cc1ccccc1. The van der Waals surface area contributed by atoms with E-state index in [0.717, 1.165) is 12.2 Å². The minimum atomic E-state index is -0.310. The summed E-state index contributed by atoms with van der Waals surface area (Å²) in [5.41, 5.74) is 2.03. The van der Waals surface area contributed by atoms with Crippen LogP contribution in [-0.4, -0.2) is 17.5 Å². The number of ether oxygens (including phenoxy) is 1. The van der Waals surface area contributed by atoms with Gasteiger partial charge in [-0.2, -0.15) is 0 Å². The van der Waals surface area contributed by atoms with Gasteiger partial charge in [-0.3, -0.25) is 0 Å². The zero-order chi connectivity index (χ0) is 13.5. The normalized spacial score (nSPS) is 15.8. The largest absolute Gasteiger partial charge is 0.463 e. The van der Waals surface area contributed by atoms with Crippen LogP contribution in [0.4, 0.5) is 0 Å². The van der Waals surface area contributed by atoms with Crippen molar-refractivity contribution >= 4 is 5.97 Å². The second-order valence-corrected chi connectivity index (χ2v) is 4.14. The molecule has 98 valence electrons. The van der Waals surface area contributed by atoms with Crippen molar-refractivity contribution in [3.63, 3.8) is 0 Å². The molecule has 3 heteroatoms. The summed E-state index contributed by atoms with van der Waals surface area (Å²) >= 11 is 0. The molecule has 1 heterocycles. The van der Waals surface area contributed by atoms with E-state index >= 15 is 0 Å². The summed E-state index contributed by atoms with van der Waals surface area (Å²) < 4.78 is 4.94. The van der Waals surface area contributed by atoms with Crippen LogP contribution in [0.1, 0.15) is 12.5 Å². The van der Waals surface area contributed by atoms with E-state index in [0.29, 0.717) is 6.61 Å². The van der Waals surface area contributed by atoms with E-state index < -0.39 is 0 Å². The van der Waals surface area contributed by atoms with Crippen LogP contribution in [-0.2, 0) is 16.1 Å². The van der Waals surface area contributed by atoms with Crippen LogP contribution < -0.4 is 0 Å². The van der Waals surface area contributed by atoms with Gasteiger partial charge in [0.25, 0.3) is 0 Å². The van der Waals surface area contributed by atoms with Gasteiger partial charge in [-0.1, -0.05) is 36.4 Å². The quantitative estimate of drug-likeness (QED) is 0.612. The van der Waals surface area contributed by atoms with E-state index in [1.807, 2.05) is 47.5 Å². The summed E-state index contributed by atoms with van der Waals surface area (Å²) in [6, 6.07) is 10.1. The molecule has 0 atom stereocenters. The fourth-order valence-electron chi connectivity index (χ4n) is 1.85. The molecule has 0 saturated carbocycles. The number of carbonyl (C=O) groups excluding carboxylic acids is 1. The van der Waals surface area contributed by atoms with Crippen molar-refractivity contribution in [2.75, 3.05) is 6.61 Å². The van der Waals surface area contributed by atoms with Gasteiger partial charge in [0.05, 0.1) is 6.61 Å². The molecule has 2 rings (SSSR count). The third-order valence-electron chi connectivity index (χ3n) is 2.72. The van der Waals surface area contributed by atoms with Crippen molar-refractivity contribution in [2.45, 2.75) is 13.5 Å². The molecular weight excluding hydrogens is 238 g/mol. The first-order valence-corrected chi connectivity index (χ1v) is 6.33. The molecule has 0 aliphatic carbocycles. The summed E-state index contributed by atoms with van der Waals surface area (Å²) in [6.07, 6.45) is 9.24. The monoisotopic (exact) mass is 255 g/mol. The molecule has 0 bridgehead atoms. The third kappa shape index (κ3) is 3.85. The predicted molar refractivity (Wildman–Crippen MR) is 75.0 cm³/mol. The van der Waals surface area contributed by atoms with Crippen LogP contribution >= 0.6 is 0 Å². The van der Waals surface area contributed by atoms with Gasteiger partial charge in [-0.05, 0) is 24.6 Å². The Morgan fingerprint density at radius 3 is 2.79 bits per heavy atom. The Morgan fingerprint density at radius 2 is 2.05 bits per heavy atom. The Balaban J connectivity index is 2.11. The van der Waals surface area contributed by atoms with Gasteiger partial charge in [0.15, 0.2) is 0 Å². The Hall–Kier alpha value is -2.29. The minimum Gasteiger partial charge on any atom is -0.463 e. The lowest BCUT2D eigenvalue weighted by molar-refractivity contribution is -0.137. The van der Waals surface area contributed by atoms with E-state index in [1.54, 1.807) is 6.92 Å². The highest BCUT2D eigenvalue weighted by Crippen LogP contribution is 2.16. The van der Waals surface area contributed by atoms with Crippen molar-refractivity contribution in [2.24, 2.45) is 0 Å². The summed E-state index contributed by atoms with van der Waals surface area (Å²) in [5.74, 6) is -0.310. The molecule has 0 amide bonds. The lowest BCUT2D eigenvalue weighted by Crippen LogP contribution is -2.18. The van der Waals surface area contributed by atoms with Gasteiger partial charge >= 0.3 is 5.97 Å². The standard InChI is InChI=1S/C16H17NO2/c1-2-19-16(18)12-15-10-6-7-11-17(15)13-14-8-4-3-5-9-14/h3-12H,2,13H2,1H3. The Bertz CT molecular complexity index is 515. The van der Waals surface area contributed by atoms with Crippen molar-refractivity contribution in [3.8, 4) is 0 Å². The highest BCUT2D eigenvalue weighted by Gasteiger charge is 2.09. The Labute approximate surface area is 113 Å². The fourth-order valence-corrected chi connectivity index (χ4v) is 1.85. The molecule has 3 nitrogen and oxygen atoms in total. The molecule has 0 spiro atoms. The molecule has 19 heavy (non-hydrogen) atoms. The topological polar surface area (TPSA) is 29.5 Å².